The summed E-state index contributed by atoms with van der Waals surface area (Å²) < 4.78 is 5.20. The van der Waals surface area contributed by atoms with Crippen LogP contribution in [0.3, 0.4) is 0 Å². The number of rotatable bonds is 6. The van der Waals surface area contributed by atoms with Crippen molar-refractivity contribution in [2.75, 3.05) is 13.7 Å². The summed E-state index contributed by atoms with van der Waals surface area (Å²) in [6.45, 7) is 3.32. The molecule has 1 aromatic carbocycles. The average Bonchev–Trinajstić information content (AvgIpc) is 2.46. The van der Waals surface area contributed by atoms with Crippen LogP contribution in [0.2, 0.25) is 0 Å². The summed E-state index contributed by atoms with van der Waals surface area (Å²) in [7, 11) is 1.72. The predicted octanol–water partition coefficient (Wildman–Crippen LogP) is 3.80. The van der Waals surface area contributed by atoms with Gasteiger partial charge in [0, 0.05) is 6.04 Å². The van der Waals surface area contributed by atoms with Gasteiger partial charge in [-0.25, -0.2) is 0 Å². The van der Waals surface area contributed by atoms with E-state index in [1.54, 1.807) is 7.11 Å². The lowest BCUT2D eigenvalue weighted by Gasteiger charge is -2.29. The second kappa shape index (κ2) is 7.54. The molecule has 2 unspecified atom stereocenters. The van der Waals surface area contributed by atoms with Crippen LogP contribution in [0, 0.1) is 5.92 Å². The summed E-state index contributed by atoms with van der Waals surface area (Å²) in [6.07, 6.45) is 8.07. The van der Waals surface area contributed by atoms with Crippen molar-refractivity contribution in [1.29, 1.82) is 0 Å². The maximum absolute atomic E-state index is 5.20. The molecule has 19 heavy (non-hydrogen) atoms. The minimum atomic E-state index is 0.764. The minimum absolute atomic E-state index is 0.764. The molecule has 1 saturated carbocycles. The largest absolute Gasteiger partial charge is 0.497 e. The van der Waals surface area contributed by atoms with E-state index >= 15 is 0 Å². The van der Waals surface area contributed by atoms with E-state index in [0.29, 0.717) is 0 Å². The predicted molar refractivity (Wildman–Crippen MR) is 80.7 cm³/mol. The first kappa shape index (κ1) is 14.4. The Morgan fingerprint density at radius 3 is 2.68 bits per heavy atom. The lowest BCUT2D eigenvalue weighted by molar-refractivity contribution is 0.276. The Morgan fingerprint density at radius 2 is 2.00 bits per heavy atom. The first-order valence-corrected chi connectivity index (χ1v) is 7.68. The zero-order valence-electron chi connectivity index (χ0n) is 12.3. The molecule has 0 amide bonds. The summed E-state index contributed by atoms with van der Waals surface area (Å²) in [6, 6.07) is 9.29. The molecule has 2 nitrogen and oxygen atoms in total. The van der Waals surface area contributed by atoms with Crippen molar-refractivity contribution in [3.05, 3.63) is 29.8 Å². The van der Waals surface area contributed by atoms with E-state index < -0.39 is 0 Å². The maximum Gasteiger partial charge on any atom is 0.118 e. The van der Waals surface area contributed by atoms with Gasteiger partial charge < -0.3 is 10.1 Å². The van der Waals surface area contributed by atoms with Crippen molar-refractivity contribution in [2.24, 2.45) is 5.92 Å². The van der Waals surface area contributed by atoms with E-state index in [1.165, 1.54) is 44.1 Å². The number of benzene rings is 1. The first-order valence-electron chi connectivity index (χ1n) is 7.68. The quantitative estimate of drug-likeness (QED) is 0.841. The van der Waals surface area contributed by atoms with Gasteiger partial charge in [-0.1, -0.05) is 31.9 Å². The summed E-state index contributed by atoms with van der Waals surface area (Å²) in [4.78, 5) is 0. The second-order valence-corrected chi connectivity index (χ2v) is 5.67. The van der Waals surface area contributed by atoms with E-state index in [2.05, 4.69) is 36.5 Å². The number of nitrogens with one attached hydrogen (secondary N) is 1. The molecule has 2 heteroatoms. The minimum Gasteiger partial charge on any atom is -0.497 e. The summed E-state index contributed by atoms with van der Waals surface area (Å²) >= 11 is 0. The number of methoxy groups -OCH3 is 1. The first-order chi connectivity index (χ1) is 9.31. The third kappa shape index (κ3) is 4.54. The highest BCUT2D eigenvalue weighted by Crippen LogP contribution is 2.28. The van der Waals surface area contributed by atoms with Crippen molar-refractivity contribution in [3.63, 3.8) is 0 Å². The highest BCUT2D eigenvalue weighted by Gasteiger charge is 2.20. The summed E-state index contributed by atoms with van der Waals surface area (Å²) in [5, 5.41) is 3.61. The number of ether oxygens (including phenoxy) is 1. The van der Waals surface area contributed by atoms with Crippen molar-refractivity contribution in [3.8, 4) is 5.75 Å². The smallest absolute Gasteiger partial charge is 0.118 e. The van der Waals surface area contributed by atoms with Crippen LogP contribution in [-0.4, -0.2) is 19.7 Å². The Balaban J connectivity index is 1.77. The molecular weight excluding hydrogens is 234 g/mol. The molecule has 0 radical (unpaired) electrons. The maximum atomic E-state index is 5.20. The Labute approximate surface area is 117 Å². The molecule has 0 aliphatic heterocycles. The van der Waals surface area contributed by atoms with E-state index in [4.69, 9.17) is 4.74 Å². The molecule has 1 N–H and O–H groups in total. The molecule has 1 fully saturated rings. The highest BCUT2D eigenvalue weighted by molar-refractivity contribution is 5.27. The standard InChI is InChI=1S/C17H27NO/c1-3-18-16-6-4-5-15(13-16)8-7-14-9-11-17(19-2)12-10-14/h9-12,15-16,18H,3-8,13H2,1-2H3. The molecule has 0 bridgehead atoms. The van der Waals surface area contributed by atoms with Crippen LogP contribution in [-0.2, 0) is 6.42 Å². The van der Waals surface area contributed by atoms with Crippen molar-refractivity contribution in [2.45, 2.75) is 51.5 Å². The normalized spacial score (nSPS) is 23.3. The lowest BCUT2D eigenvalue weighted by Crippen LogP contribution is -2.34. The third-order valence-corrected chi connectivity index (χ3v) is 4.28. The van der Waals surface area contributed by atoms with Crippen LogP contribution < -0.4 is 10.1 Å². The highest BCUT2D eigenvalue weighted by atomic mass is 16.5. The van der Waals surface area contributed by atoms with Gasteiger partial charge in [-0.15, -0.1) is 0 Å². The Morgan fingerprint density at radius 1 is 1.21 bits per heavy atom. The topological polar surface area (TPSA) is 21.3 Å². The van der Waals surface area contributed by atoms with Crippen LogP contribution in [0.1, 0.15) is 44.6 Å². The van der Waals surface area contributed by atoms with Crippen molar-refractivity contribution >= 4 is 0 Å². The molecule has 106 valence electrons. The zero-order chi connectivity index (χ0) is 13.5. The molecule has 1 aromatic rings. The van der Waals surface area contributed by atoms with Crippen LogP contribution in [0.5, 0.6) is 5.75 Å². The van der Waals surface area contributed by atoms with Crippen LogP contribution in [0.25, 0.3) is 0 Å². The molecule has 0 spiro atoms. The van der Waals surface area contributed by atoms with Crippen molar-refractivity contribution < 1.29 is 4.74 Å². The molecule has 2 rings (SSSR count). The van der Waals surface area contributed by atoms with E-state index in [-0.39, 0.29) is 0 Å². The summed E-state index contributed by atoms with van der Waals surface area (Å²) in [5.74, 6) is 1.86. The van der Waals surface area contributed by atoms with Crippen LogP contribution >= 0.6 is 0 Å². The van der Waals surface area contributed by atoms with E-state index in [0.717, 1.165) is 24.3 Å². The van der Waals surface area contributed by atoms with Crippen LogP contribution in [0.15, 0.2) is 24.3 Å². The molecule has 2 atom stereocenters. The number of hydrogen-bond acceptors (Lipinski definition) is 2. The van der Waals surface area contributed by atoms with Gasteiger partial charge in [0.1, 0.15) is 5.75 Å². The molecule has 1 aliphatic rings. The Bertz CT molecular complexity index is 358. The van der Waals surface area contributed by atoms with Gasteiger partial charge in [0.25, 0.3) is 0 Å². The zero-order valence-corrected chi connectivity index (χ0v) is 12.3. The van der Waals surface area contributed by atoms with E-state index in [9.17, 15) is 0 Å². The Hall–Kier alpha value is -1.02. The molecule has 0 saturated heterocycles. The Kier molecular flexibility index (Phi) is 5.71. The van der Waals surface area contributed by atoms with Crippen LogP contribution in [0.4, 0.5) is 0 Å². The van der Waals surface area contributed by atoms with Gasteiger partial charge in [-0.2, -0.15) is 0 Å². The number of hydrogen-bond donors (Lipinski definition) is 1. The van der Waals surface area contributed by atoms with Gasteiger partial charge in [-0.05, 0) is 55.8 Å². The monoisotopic (exact) mass is 261 g/mol. The summed E-state index contributed by atoms with van der Waals surface area (Å²) in [5.41, 5.74) is 1.44. The number of aryl methyl sites for hydroxylation is 1. The molecule has 0 heterocycles. The SMILES string of the molecule is CCNC1CCCC(CCc2ccc(OC)cc2)C1. The van der Waals surface area contributed by atoms with Gasteiger partial charge >= 0.3 is 0 Å². The fourth-order valence-electron chi connectivity index (χ4n) is 3.19. The molecular formula is C17H27NO. The molecule has 1 aliphatic carbocycles. The average molecular weight is 261 g/mol. The van der Waals surface area contributed by atoms with Gasteiger partial charge in [0.15, 0.2) is 0 Å². The fraction of sp³-hybridized carbons (Fsp3) is 0.647. The van der Waals surface area contributed by atoms with Gasteiger partial charge in [0.2, 0.25) is 0 Å². The van der Waals surface area contributed by atoms with E-state index in [1.807, 2.05) is 0 Å². The second-order valence-electron chi connectivity index (χ2n) is 5.67. The fourth-order valence-corrected chi connectivity index (χ4v) is 3.19. The lowest BCUT2D eigenvalue weighted by atomic mass is 9.82. The third-order valence-electron chi connectivity index (χ3n) is 4.28. The van der Waals surface area contributed by atoms with Gasteiger partial charge in [0.05, 0.1) is 7.11 Å². The molecule has 0 aromatic heterocycles. The van der Waals surface area contributed by atoms with Gasteiger partial charge in [-0.3, -0.25) is 0 Å². The van der Waals surface area contributed by atoms with Crippen molar-refractivity contribution in [1.82, 2.24) is 5.32 Å².